The quantitative estimate of drug-likeness (QED) is 0.735. The van der Waals surface area contributed by atoms with Gasteiger partial charge in [-0.15, -0.1) is 0 Å². The van der Waals surface area contributed by atoms with Gasteiger partial charge in [0.25, 0.3) is 0 Å². The molecule has 3 N–H and O–H groups in total. The van der Waals surface area contributed by atoms with Gasteiger partial charge >= 0.3 is 6.03 Å². The van der Waals surface area contributed by atoms with E-state index >= 15 is 0 Å². The summed E-state index contributed by atoms with van der Waals surface area (Å²) in [5.74, 6) is -0.387. The van der Waals surface area contributed by atoms with Crippen molar-refractivity contribution in [1.29, 1.82) is 0 Å². The molecule has 0 aliphatic carbocycles. The maximum atomic E-state index is 12.8. The van der Waals surface area contributed by atoms with E-state index in [9.17, 15) is 18.5 Å². The summed E-state index contributed by atoms with van der Waals surface area (Å²) < 4.78 is 24.0. The van der Waals surface area contributed by atoms with Crippen LogP contribution in [0.15, 0.2) is 24.3 Å². The van der Waals surface area contributed by atoms with Gasteiger partial charge in [-0.3, -0.25) is 4.21 Å². The van der Waals surface area contributed by atoms with Gasteiger partial charge < -0.3 is 15.7 Å². The Morgan fingerprint density at radius 3 is 2.48 bits per heavy atom. The fraction of sp³-hybridized carbons (Fsp3) is 0.500. The highest BCUT2D eigenvalue weighted by Gasteiger charge is 2.23. The number of halogens is 1. The Morgan fingerprint density at radius 1 is 1.38 bits per heavy atom. The summed E-state index contributed by atoms with van der Waals surface area (Å²) in [4.78, 5) is 11.6. The molecule has 0 heterocycles. The predicted octanol–water partition coefficient (Wildman–Crippen LogP) is 1.10. The molecular formula is C14H21FN2O3S. The van der Waals surface area contributed by atoms with E-state index in [0.29, 0.717) is 5.56 Å². The van der Waals surface area contributed by atoms with Crippen LogP contribution < -0.4 is 10.6 Å². The van der Waals surface area contributed by atoms with Gasteiger partial charge in [0.05, 0.1) is 6.54 Å². The monoisotopic (exact) mass is 316 g/mol. The van der Waals surface area contributed by atoms with E-state index in [0.717, 1.165) is 0 Å². The van der Waals surface area contributed by atoms with E-state index in [4.69, 9.17) is 0 Å². The summed E-state index contributed by atoms with van der Waals surface area (Å²) >= 11 is 0. The van der Waals surface area contributed by atoms with Crippen molar-refractivity contribution < 1.29 is 18.5 Å². The molecule has 0 saturated carbocycles. The minimum absolute atomic E-state index is 0.0198. The second-order valence-corrected chi connectivity index (χ2v) is 6.96. The minimum Gasteiger partial charge on any atom is -0.384 e. The zero-order chi connectivity index (χ0) is 16.0. The lowest BCUT2D eigenvalue weighted by atomic mass is 9.96. The fourth-order valence-corrected chi connectivity index (χ4v) is 1.90. The number of carbonyl (C=O) groups is 1. The smallest absolute Gasteiger partial charge is 0.314 e. The molecular weight excluding hydrogens is 295 g/mol. The number of benzene rings is 1. The summed E-state index contributed by atoms with van der Waals surface area (Å²) in [5.41, 5.74) is -0.795. The van der Waals surface area contributed by atoms with Crippen molar-refractivity contribution in [2.24, 2.45) is 0 Å². The first kappa shape index (κ1) is 17.6. The SMILES string of the molecule is CC(CNC(=O)NCC(C)(O)c1ccc(F)cc1)S(C)=O. The first-order valence-electron chi connectivity index (χ1n) is 6.54. The molecule has 2 amide bonds. The second-order valence-electron chi connectivity index (χ2n) is 5.15. The Morgan fingerprint density at radius 2 is 1.95 bits per heavy atom. The van der Waals surface area contributed by atoms with Gasteiger partial charge in [-0.2, -0.15) is 0 Å². The summed E-state index contributed by atoms with van der Waals surface area (Å²) in [6.07, 6.45) is 1.57. The lowest BCUT2D eigenvalue weighted by Crippen LogP contribution is -2.45. The molecule has 0 aliphatic heterocycles. The molecule has 7 heteroatoms. The van der Waals surface area contributed by atoms with E-state index in [1.807, 2.05) is 0 Å². The van der Waals surface area contributed by atoms with Gasteiger partial charge in [0.15, 0.2) is 0 Å². The highest BCUT2D eigenvalue weighted by atomic mass is 32.2. The van der Waals surface area contributed by atoms with Crippen molar-refractivity contribution in [1.82, 2.24) is 10.6 Å². The standard InChI is InChI=1S/C14H21FN2O3S/c1-10(21(3)20)8-16-13(18)17-9-14(2,19)11-4-6-12(15)7-5-11/h4-7,10,19H,8-9H2,1-3H3,(H2,16,17,18). The van der Waals surface area contributed by atoms with Crippen molar-refractivity contribution in [2.45, 2.75) is 24.7 Å². The number of rotatable bonds is 6. The van der Waals surface area contributed by atoms with Crippen molar-refractivity contribution in [3.63, 3.8) is 0 Å². The molecule has 3 unspecified atom stereocenters. The van der Waals surface area contributed by atoms with Crippen LogP contribution in [0.1, 0.15) is 19.4 Å². The van der Waals surface area contributed by atoms with Crippen LogP contribution in [0.3, 0.4) is 0 Å². The Bertz CT molecular complexity index is 505. The van der Waals surface area contributed by atoms with E-state index in [-0.39, 0.29) is 24.2 Å². The maximum Gasteiger partial charge on any atom is 0.314 e. The lowest BCUT2D eigenvalue weighted by Gasteiger charge is -2.24. The lowest BCUT2D eigenvalue weighted by molar-refractivity contribution is 0.0593. The normalized spacial score (nSPS) is 16.6. The van der Waals surface area contributed by atoms with Crippen LogP contribution in [-0.4, -0.2) is 39.9 Å². The minimum atomic E-state index is -1.30. The maximum absolute atomic E-state index is 12.8. The summed E-state index contributed by atoms with van der Waals surface area (Å²) in [6.45, 7) is 3.57. The Labute approximate surface area is 126 Å². The number of carbonyl (C=O) groups excluding carboxylic acids is 1. The second kappa shape index (κ2) is 7.51. The van der Waals surface area contributed by atoms with Crippen molar-refractivity contribution in [3.8, 4) is 0 Å². The third-order valence-corrected chi connectivity index (χ3v) is 4.48. The van der Waals surface area contributed by atoms with Gasteiger partial charge in [0.1, 0.15) is 11.4 Å². The van der Waals surface area contributed by atoms with Crippen LogP contribution in [-0.2, 0) is 16.4 Å². The molecule has 0 aromatic heterocycles. The van der Waals surface area contributed by atoms with E-state index < -0.39 is 22.4 Å². The van der Waals surface area contributed by atoms with Crippen LogP contribution in [0.25, 0.3) is 0 Å². The van der Waals surface area contributed by atoms with Gasteiger partial charge in [-0.05, 0) is 31.5 Å². The van der Waals surface area contributed by atoms with Gasteiger partial charge in [-0.25, -0.2) is 9.18 Å². The van der Waals surface area contributed by atoms with E-state index in [2.05, 4.69) is 10.6 Å². The molecule has 0 saturated heterocycles. The molecule has 3 atom stereocenters. The Hall–Kier alpha value is -1.47. The molecule has 5 nitrogen and oxygen atoms in total. The Balaban J connectivity index is 2.47. The number of hydrogen-bond acceptors (Lipinski definition) is 3. The van der Waals surface area contributed by atoms with Crippen molar-refractivity contribution >= 4 is 16.8 Å². The number of hydrogen-bond donors (Lipinski definition) is 3. The van der Waals surface area contributed by atoms with E-state index in [1.54, 1.807) is 13.2 Å². The van der Waals surface area contributed by atoms with Crippen LogP contribution in [0.5, 0.6) is 0 Å². The Kier molecular flexibility index (Phi) is 6.29. The molecule has 0 bridgehead atoms. The molecule has 1 aromatic rings. The zero-order valence-electron chi connectivity index (χ0n) is 12.4. The van der Waals surface area contributed by atoms with Crippen molar-refractivity contribution in [2.75, 3.05) is 19.3 Å². The zero-order valence-corrected chi connectivity index (χ0v) is 13.2. The average molecular weight is 316 g/mol. The highest BCUT2D eigenvalue weighted by Crippen LogP contribution is 2.19. The first-order chi connectivity index (χ1) is 9.72. The summed E-state index contributed by atoms with van der Waals surface area (Å²) in [5, 5.41) is 15.3. The molecule has 0 fully saturated rings. The van der Waals surface area contributed by atoms with Crippen LogP contribution in [0.2, 0.25) is 0 Å². The van der Waals surface area contributed by atoms with E-state index in [1.165, 1.54) is 31.2 Å². The topological polar surface area (TPSA) is 78.4 Å². The summed E-state index contributed by atoms with van der Waals surface area (Å²) in [7, 11) is -1.01. The van der Waals surface area contributed by atoms with Crippen molar-refractivity contribution in [3.05, 3.63) is 35.6 Å². The number of amides is 2. The molecule has 0 radical (unpaired) electrons. The van der Waals surface area contributed by atoms with Crippen LogP contribution in [0.4, 0.5) is 9.18 Å². The van der Waals surface area contributed by atoms with Crippen LogP contribution >= 0.6 is 0 Å². The molecule has 1 aromatic carbocycles. The molecule has 21 heavy (non-hydrogen) atoms. The predicted molar refractivity (Wildman–Crippen MR) is 80.9 cm³/mol. The molecule has 0 aliphatic rings. The fourth-order valence-electron chi connectivity index (χ4n) is 1.58. The molecule has 118 valence electrons. The molecule has 0 spiro atoms. The van der Waals surface area contributed by atoms with Gasteiger partial charge in [0, 0.05) is 28.9 Å². The first-order valence-corrected chi connectivity index (χ1v) is 8.17. The third kappa shape index (κ3) is 5.81. The van der Waals surface area contributed by atoms with Gasteiger partial charge in [-0.1, -0.05) is 12.1 Å². The third-order valence-electron chi connectivity index (χ3n) is 3.18. The van der Waals surface area contributed by atoms with Crippen LogP contribution in [0, 0.1) is 5.82 Å². The number of nitrogens with one attached hydrogen (secondary N) is 2. The average Bonchev–Trinajstić information content (AvgIpc) is 2.43. The number of urea groups is 1. The highest BCUT2D eigenvalue weighted by molar-refractivity contribution is 7.84. The molecule has 1 rings (SSSR count). The largest absolute Gasteiger partial charge is 0.384 e. The summed E-state index contributed by atoms with van der Waals surface area (Å²) in [6, 6.07) is 4.99. The number of aliphatic hydroxyl groups is 1. The van der Waals surface area contributed by atoms with Gasteiger partial charge in [0.2, 0.25) is 0 Å².